The van der Waals surface area contributed by atoms with Crippen molar-refractivity contribution in [2.45, 2.75) is 19.0 Å². The number of hydrogen-bond acceptors (Lipinski definition) is 2. The van der Waals surface area contributed by atoms with Crippen LogP contribution in [0.25, 0.3) is 0 Å². The van der Waals surface area contributed by atoms with Gasteiger partial charge in [-0.15, -0.1) is 0 Å². The highest BCUT2D eigenvalue weighted by Crippen LogP contribution is 2.32. The van der Waals surface area contributed by atoms with Gasteiger partial charge in [-0.2, -0.15) is 13.2 Å². The summed E-state index contributed by atoms with van der Waals surface area (Å²) >= 11 is 0. The van der Waals surface area contributed by atoms with Gasteiger partial charge in [-0.3, -0.25) is 4.79 Å². The second-order valence-corrected chi connectivity index (χ2v) is 5.91. The Morgan fingerprint density at radius 3 is 2.52 bits per heavy atom. The van der Waals surface area contributed by atoms with E-state index in [9.17, 15) is 18.0 Å². The highest BCUT2D eigenvalue weighted by Gasteiger charge is 2.35. The first kappa shape index (κ1) is 14.4. The Hall–Kier alpha value is -1.56. The summed E-state index contributed by atoms with van der Waals surface area (Å²) in [5, 5.41) is 2.73. The summed E-state index contributed by atoms with van der Waals surface area (Å²) in [6.45, 7) is 2.88. The number of benzene rings is 1. The third-order valence-electron chi connectivity index (χ3n) is 4.32. The van der Waals surface area contributed by atoms with Gasteiger partial charge in [0.15, 0.2) is 0 Å². The molecule has 0 saturated carbocycles. The van der Waals surface area contributed by atoms with E-state index < -0.39 is 11.7 Å². The molecular weight excluding hydrogens is 281 g/mol. The van der Waals surface area contributed by atoms with Crippen molar-refractivity contribution in [2.75, 3.05) is 25.0 Å². The second-order valence-electron chi connectivity index (χ2n) is 5.91. The summed E-state index contributed by atoms with van der Waals surface area (Å²) < 4.78 is 37.4. The van der Waals surface area contributed by atoms with E-state index in [4.69, 9.17) is 0 Å². The van der Waals surface area contributed by atoms with Gasteiger partial charge in [0, 0.05) is 18.8 Å². The van der Waals surface area contributed by atoms with Gasteiger partial charge >= 0.3 is 6.18 Å². The predicted octanol–water partition coefficient (Wildman–Crippen LogP) is 2.99. The van der Waals surface area contributed by atoms with E-state index in [-0.39, 0.29) is 11.8 Å². The first-order valence-corrected chi connectivity index (χ1v) is 7.12. The van der Waals surface area contributed by atoms with Crippen molar-refractivity contribution < 1.29 is 18.0 Å². The van der Waals surface area contributed by atoms with E-state index in [0.717, 1.165) is 44.6 Å². The molecule has 2 aliphatic rings. The minimum atomic E-state index is -4.35. The largest absolute Gasteiger partial charge is 0.416 e. The smallest absolute Gasteiger partial charge is 0.326 e. The lowest BCUT2D eigenvalue weighted by Crippen LogP contribution is -2.39. The van der Waals surface area contributed by atoms with Crippen LogP contribution in [0.2, 0.25) is 0 Å². The van der Waals surface area contributed by atoms with Gasteiger partial charge in [0.1, 0.15) is 0 Å². The van der Waals surface area contributed by atoms with Crippen LogP contribution in [0.5, 0.6) is 0 Å². The standard InChI is InChI=1S/C15H17F3N2O/c16-15(17,18)12-1-3-13(4-2-12)19-14(21)11-7-10-5-6-20(8-10)9-11/h1-4,10-11H,5-9H2,(H,19,21). The third kappa shape index (κ3) is 3.20. The van der Waals surface area contributed by atoms with Gasteiger partial charge < -0.3 is 10.2 Å². The maximum Gasteiger partial charge on any atom is 0.416 e. The molecule has 0 spiro atoms. The van der Waals surface area contributed by atoms with Crippen molar-refractivity contribution in [1.82, 2.24) is 4.90 Å². The highest BCUT2D eigenvalue weighted by molar-refractivity contribution is 5.92. The van der Waals surface area contributed by atoms with Crippen LogP contribution in [-0.4, -0.2) is 30.4 Å². The van der Waals surface area contributed by atoms with Gasteiger partial charge in [0.2, 0.25) is 5.91 Å². The normalized spacial score (nSPS) is 28.4. The fourth-order valence-corrected chi connectivity index (χ4v) is 3.24. The first-order chi connectivity index (χ1) is 9.91. The summed E-state index contributed by atoms with van der Waals surface area (Å²) in [6, 6.07) is 4.59. The molecule has 1 N–H and O–H groups in total. The van der Waals surface area contributed by atoms with Crippen LogP contribution in [0.1, 0.15) is 18.4 Å². The molecule has 2 fully saturated rings. The number of rotatable bonds is 2. The third-order valence-corrected chi connectivity index (χ3v) is 4.32. The van der Waals surface area contributed by atoms with Crippen LogP contribution in [0.15, 0.2) is 24.3 Å². The second kappa shape index (κ2) is 5.33. The molecule has 6 heteroatoms. The summed E-state index contributed by atoms with van der Waals surface area (Å²) in [7, 11) is 0. The molecule has 1 aromatic rings. The summed E-state index contributed by atoms with van der Waals surface area (Å²) in [6.07, 6.45) is -2.33. The summed E-state index contributed by atoms with van der Waals surface area (Å²) in [5.41, 5.74) is -0.289. The van der Waals surface area contributed by atoms with E-state index >= 15 is 0 Å². The molecule has 1 aromatic carbocycles. The molecule has 3 atom stereocenters. The number of carbonyl (C=O) groups is 1. The zero-order valence-corrected chi connectivity index (χ0v) is 11.5. The van der Waals surface area contributed by atoms with Gasteiger partial charge in [0.05, 0.1) is 11.5 Å². The average Bonchev–Trinajstić information content (AvgIpc) is 2.77. The van der Waals surface area contributed by atoms with Crippen molar-refractivity contribution in [2.24, 2.45) is 11.8 Å². The Morgan fingerprint density at radius 1 is 1.19 bits per heavy atom. The predicted molar refractivity (Wildman–Crippen MR) is 72.7 cm³/mol. The van der Waals surface area contributed by atoms with E-state index in [1.807, 2.05) is 0 Å². The van der Waals surface area contributed by atoms with Gasteiger partial charge in [-0.1, -0.05) is 0 Å². The van der Waals surface area contributed by atoms with Crippen molar-refractivity contribution in [3.63, 3.8) is 0 Å². The molecule has 21 heavy (non-hydrogen) atoms. The summed E-state index contributed by atoms with van der Waals surface area (Å²) in [4.78, 5) is 14.5. The van der Waals surface area contributed by atoms with Gasteiger partial charge in [-0.05, 0) is 49.6 Å². The minimum absolute atomic E-state index is 0.0615. The molecule has 3 unspecified atom stereocenters. The maximum atomic E-state index is 12.5. The van der Waals surface area contributed by atoms with Crippen molar-refractivity contribution in [3.8, 4) is 0 Å². The molecule has 0 radical (unpaired) electrons. The number of alkyl halides is 3. The number of hydrogen-bond donors (Lipinski definition) is 1. The van der Waals surface area contributed by atoms with Crippen molar-refractivity contribution in [3.05, 3.63) is 29.8 Å². The van der Waals surface area contributed by atoms with Crippen LogP contribution in [0.3, 0.4) is 0 Å². The van der Waals surface area contributed by atoms with Crippen LogP contribution in [-0.2, 0) is 11.0 Å². The average molecular weight is 298 g/mol. The van der Waals surface area contributed by atoms with E-state index in [1.165, 1.54) is 12.1 Å². The quantitative estimate of drug-likeness (QED) is 0.910. The molecule has 2 bridgehead atoms. The van der Waals surface area contributed by atoms with Crippen LogP contribution < -0.4 is 5.32 Å². The SMILES string of the molecule is O=C(Nc1ccc(C(F)(F)F)cc1)C1CC2CCN(C2)C1. The molecule has 2 aliphatic heterocycles. The molecule has 2 heterocycles. The fourth-order valence-electron chi connectivity index (χ4n) is 3.24. The molecule has 0 aromatic heterocycles. The van der Waals surface area contributed by atoms with Crippen LogP contribution in [0.4, 0.5) is 18.9 Å². The lowest BCUT2D eigenvalue weighted by Gasteiger charge is -2.29. The monoisotopic (exact) mass is 298 g/mol. The number of piperidine rings is 1. The number of nitrogens with one attached hydrogen (secondary N) is 1. The fraction of sp³-hybridized carbons (Fsp3) is 0.533. The Balaban J connectivity index is 1.62. The van der Waals surface area contributed by atoms with Crippen molar-refractivity contribution >= 4 is 11.6 Å². The lowest BCUT2D eigenvalue weighted by molar-refractivity contribution is -0.137. The Bertz CT molecular complexity index is 515. The van der Waals surface area contributed by atoms with E-state index in [1.54, 1.807) is 0 Å². The van der Waals surface area contributed by atoms with Crippen LogP contribution >= 0.6 is 0 Å². The van der Waals surface area contributed by atoms with Gasteiger partial charge in [-0.25, -0.2) is 0 Å². The molecule has 1 amide bonds. The number of nitrogens with zero attached hydrogens (tertiary/aromatic N) is 1. The number of amides is 1. The maximum absolute atomic E-state index is 12.5. The van der Waals surface area contributed by atoms with E-state index in [2.05, 4.69) is 10.2 Å². The minimum Gasteiger partial charge on any atom is -0.326 e. The zero-order valence-electron chi connectivity index (χ0n) is 11.5. The first-order valence-electron chi connectivity index (χ1n) is 7.12. The Kier molecular flexibility index (Phi) is 3.65. The van der Waals surface area contributed by atoms with Crippen molar-refractivity contribution in [1.29, 1.82) is 0 Å². The molecule has 3 nitrogen and oxygen atoms in total. The highest BCUT2D eigenvalue weighted by atomic mass is 19.4. The summed E-state index contributed by atoms with van der Waals surface area (Å²) in [5.74, 6) is 0.432. The Labute approximate surface area is 121 Å². The molecular formula is C15H17F3N2O. The number of carbonyl (C=O) groups excluding carboxylic acids is 1. The Morgan fingerprint density at radius 2 is 1.90 bits per heavy atom. The number of fused-ring (bicyclic) bond motifs is 2. The lowest BCUT2D eigenvalue weighted by atomic mass is 9.91. The van der Waals surface area contributed by atoms with Gasteiger partial charge in [0.25, 0.3) is 0 Å². The zero-order chi connectivity index (χ0) is 15.0. The molecule has 3 rings (SSSR count). The molecule has 2 saturated heterocycles. The number of halogens is 3. The van der Waals surface area contributed by atoms with E-state index in [0.29, 0.717) is 11.6 Å². The number of anilines is 1. The molecule has 0 aliphatic carbocycles. The topological polar surface area (TPSA) is 32.3 Å². The van der Waals surface area contributed by atoms with Crippen LogP contribution in [0, 0.1) is 11.8 Å². The molecule has 114 valence electrons.